The van der Waals surface area contributed by atoms with Gasteiger partial charge in [0.2, 0.25) is 0 Å². The third-order valence-corrected chi connectivity index (χ3v) is 2.66. The number of hydrogen-bond donors (Lipinski definition) is 1. The number of aryl methyl sites for hydroxylation is 1. The first-order valence-electron chi connectivity index (χ1n) is 5.27. The molecule has 0 aliphatic heterocycles. The molecule has 0 saturated heterocycles. The van der Waals surface area contributed by atoms with Gasteiger partial charge >= 0.3 is 6.18 Å². The third-order valence-electron chi connectivity index (χ3n) is 2.66. The summed E-state index contributed by atoms with van der Waals surface area (Å²) in [5, 5.41) is 0. The Morgan fingerprint density at radius 3 is 2.22 bits per heavy atom. The van der Waals surface area contributed by atoms with Gasteiger partial charge in [-0.1, -0.05) is 12.1 Å². The fourth-order valence-corrected chi connectivity index (χ4v) is 1.55. The topological polar surface area (TPSA) is 38.9 Å². The first-order valence-corrected chi connectivity index (χ1v) is 5.27. The lowest BCUT2D eigenvalue weighted by Crippen LogP contribution is -2.04. The van der Waals surface area contributed by atoms with Crippen LogP contribution in [0.15, 0.2) is 36.5 Å². The highest BCUT2D eigenvalue weighted by Crippen LogP contribution is 2.30. The van der Waals surface area contributed by atoms with E-state index >= 15 is 0 Å². The summed E-state index contributed by atoms with van der Waals surface area (Å²) in [7, 11) is 0. The first kappa shape index (κ1) is 12.4. The SMILES string of the molecule is Cc1cc(-c2ccc(C(F)(F)F)cc2)ncc1N. The fourth-order valence-electron chi connectivity index (χ4n) is 1.55. The number of hydrogen-bond acceptors (Lipinski definition) is 2. The van der Waals surface area contributed by atoms with Crippen molar-refractivity contribution in [3.63, 3.8) is 0 Å². The smallest absolute Gasteiger partial charge is 0.397 e. The molecule has 2 N–H and O–H groups in total. The summed E-state index contributed by atoms with van der Waals surface area (Å²) >= 11 is 0. The van der Waals surface area contributed by atoms with Gasteiger partial charge in [-0.3, -0.25) is 4.98 Å². The summed E-state index contributed by atoms with van der Waals surface area (Å²) in [5.41, 5.74) is 7.61. The molecule has 0 aliphatic carbocycles. The minimum atomic E-state index is -4.32. The van der Waals surface area contributed by atoms with Crippen molar-refractivity contribution in [2.45, 2.75) is 13.1 Å². The molecule has 1 aromatic carbocycles. The summed E-state index contributed by atoms with van der Waals surface area (Å²) < 4.78 is 37.2. The summed E-state index contributed by atoms with van der Waals surface area (Å²) in [5.74, 6) is 0. The van der Waals surface area contributed by atoms with Crippen molar-refractivity contribution in [1.29, 1.82) is 0 Å². The van der Waals surface area contributed by atoms with Gasteiger partial charge in [0.25, 0.3) is 0 Å². The number of benzene rings is 1. The highest BCUT2D eigenvalue weighted by molar-refractivity contribution is 5.63. The van der Waals surface area contributed by atoms with Crippen molar-refractivity contribution in [2.75, 3.05) is 5.73 Å². The van der Waals surface area contributed by atoms with Crippen LogP contribution >= 0.6 is 0 Å². The standard InChI is InChI=1S/C13H11F3N2/c1-8-6-12(18-7-11(8)17)9-2-4-10(5-3-9)13(14,15)16/h2-7H,17H2,1H3. The van der Waals surface area contributed by atoms with E-state index in [0.717, 1.165) is 17.7 Å². The molecule has 2 aromatic rings. The molecule has 2 rings (SSSR count). The maximum atomic E-state index is 12.4. The first-order chi connectivity index (χ1) is 8.38. The van der Waals surface area contributed by atoms with E-state index in [0.29, 0.717) is 16.9 Å². The van der Waals surface area contributed by atoms with E-state index in [1.165, 1.54) is 18.3 Å². The number of aromatic nitrogens is 1. The van der Waals surface area contributed by atoms with Gasteiger partial charge in [0.1, 0.15) is 0 Å². The number of anilines is 1. The summed E-state index contributed by atoms with van der Waals surface area (Å²) in [6.07, 6.45) is -2.81. The summed E-state index contributed by atoms with van der Waals surface area (Å²) in [6, 6.07) is 6.64. The number of pyridine rings is 1. The second kappa shape index (κ2) is 4.33. The molecule has 1 aromatic heterocycles. The van der Waals surface area contributed by atoms with Crippen LogP contribution in [0.2, 0.25) is 0 Å². The van der Waals surface area contributed by atoms with Crippen LogP contribution < -0.4 is 5.73 Å². The van der Waals surface area contributed by atoms with Crippen molar-refractivity contribution in [3.05, 3.63) is 47.7 Å². The Kier molecular flexibility index (Phi) is 2.98. The Bertz CT molecular complexity index is 559. The number of nitrogens with zero attached hydrogens (tertiary/aromatic N) is 1. The zero-order chi connectivity index (χ0) is 13.3. The van der Waals surface area contributed by atoms with Crippen molar-refractivity contribution in [2.24, 2.45) is 0 Å². The van der Waals surface area contributed by atoms with Crippen molar-refractivity contribution in [1.82, 2.24) is 4.98 Å². The average Bonchev–Trinajstić information content (AvgIpc) is 2.32. The number of rotatable bonds is 1. The molecule has 0 unspecified atom stereocenters. The molecule has 5 heteroatoms. The van der Waals surface area contributed by atoms with Crippen LogP contribution in [0.25, 0.3) is 11.3 Å². The monoisotopic (exact) mass is 252 g/mol. The lowest BCUT2D eigenvalue weighted by molar-refractivity contribution is -0.137. The minimum Gasteiger partial charge on any atom is -0.397 e. The van der Waals surface area contributed by atoms with Gasteiger partial charge in [-0.25, -0.2) is 0 Å². The molecule has 0 radical (unpaired) electrons. The molecular weight excluding hydrogens is 241 g/mol. The minimum absolute atomic E-state index is 0.561. The van der Waals surface area contributed by atoms with Gasteiger partial charge in [0.05, 0.1) is 23.1 Å². The van der Waals surface area contributed by atoms with Gasteiger partial charge in [-0.15, -0.1) is 0 Å². The summed E-state index contributed by atoms with van der Waals surface area (Å²) in [6.45, 7) is 1.82. The fraction of sp³-hybridized carbons (Fsp3) is 0.154. The predicted molar refractivity (Wildman–Crippen MR) is 63.8 cm³/mol. The zero-order valence-electron chi connectivity index (χ0n) is 9.62. The Morgan fingerprint density at radius 1 is 1.11 bits per heavy atom. The van der Waals surface area contributed by atoms with Crippen molar-refractivity contribution < 1.29 is 13.2 Å². The van der Waals surface area contributed by atoms with Crippen LogP contribution in [0.5, 0.6) is 0 Å². The third kappa shape index (κ3) is 2.45. The molecule has 0 spiro atoms. The number of halogens is 3. The molecule has 0 aliphatic rings. The summed E-state index contributed by atoms with van der Waals surface area (Å²) in [4.78, 5) is 4.09. The van der Waals surface area contributed by atoms with Gasteiger partial charge in [-0.05, 0) is 30.7 Å². The molecule has 1 heterocycles. The Hall–Kier alpha value is -2.04. The number of alkyl halides is 3. The Morgan fingerprint density at radius 2 is 1.72 bits per heavy atom. The van der Waals surface area contributed by atoms with Crippen LogP contribution in [-0.4, -0.2) is 4.98 Å². The van der Waals surface area contributed by atoms with E-state index in [-0.39, 0.29) is 0 Å². The second-order valence-electron chi connectivity index (χ2n) is 4.00. The molecule has 2 nitrogen and oxygen atoms in total. The van der Waals surface area contributed by atoms with Gasteiger partial charge in [0.15, 0.2) is 0 Å². The number of nitrogens with two attached hydrogens (primary N) is 1. The van der Waals surface area contributed by atoms with Crippen LogP contribution in [0.4, 0.5) is 18.9 Å². The van der Waals surface area contributed by atoms with E-state index < -0.39 is 11.7 Å². The van der Waals surface area contributed by atoms with Crippen LogP contribution in [0.1, 0.15) is 11.1 Å². The highest BCUT2D eigenvalue weighted by atomic mass is 19.4. The van der Waals surface area contributed by atoms with Crippen LogP contribution in [0.3, 0.4) is 0 Å². The van der Waals surface area contributed by atoms with Crippen molar-refractivity contribution >= 4 is 5.69 Å². The highest BCUT2D eigenvalue weighted by Gasteiger charge is 2.29. The average molecular weight is 252 g/mol. The molecule has 0 bridgehead atoms. The Balaban J connectivity index is 2.37. The van der Waals surface area contributed by atoms with Gasteiger partial charge < -0.3 is 5.73 Å². The molecule has 18 heavy (non-hydrogen) atoms. The van der Waals surface area contributed by atoms with E-state index in [4.69, 9.17) is 5.73 Å². The van der Waals surface area contributed by atoms with E-state index in [1.807, 2.05) is 6.92 Å². The van der Waals surface area contributed by atoms with Gasteiger partial charge in [0, 0.05) is 5.56 Å². The van der Waals surface area contributed by atoms with E-state index in [9.17, 15) is 13.2 Å². The quantitative estimate of drug-likeness (QED) is 0.841. The van der Waals surface area contributed by atoms with Gasteiger partial charge in [-0.2, -0.15) is 13.2 Å². The normalized spacial score (nSPS) is 11.6. The molecular formula is C13H11F3N2. The van der Waals surface area contributed by atoms with Crippen LogP contribution in [0, 0.1) is 6.92 Å². The second-order valence-corrected chi connectivity index (χ2v) is 4.00. The van der Waals surface area contributed by atoms with Crippen molar-refractivity contribution in [3.8, 4) is 11.3 Å². The zero-order valence-corrected chi connectivity index (χ0v) is 9.62. The predicted octanol–water partition coefficient (Wildman–Crippen LogP) is 3.66. The maximum Gasteiger partial charge on any atom is 0.416 e. The molecule has 0 saturated carbocycles. The van der Waals surface area contributed by atoms with Crippen LogP contribution in [-0.2, 0) is 6.18 Å². The lowest BCUT2D eigenvalue weighted by Gasteiger charge is -2.08. The lowest BCUT2D eigenvalue weighted by atomic mass is 10.1. The largest absolute Gasteiger partial charge is 0.416 e. The molecule has 0 fully saturated rings. The van der Waals surface area contributed by atoms with E-state index in [1.54, 1.807) is 6.07 Å². The maximum absolute atomic E-state index is 12.4. The van der Waals surface area contributed by atoms with E-state index in [2.05, 4.69) is 4.98 Å². The molecule has 0 atom stereocenters. The molecule has 94 valence electrons. The Labute approximate surface area is 102 Å². The number of nitrogen functional groups attached to an aromatic ring is 1. The molecule has 0 amide bonds.